The van der Waals surface area contributed by atoms with Crippen molar-refractivity contribution in [1.29, 1.82) is 0 Å². The highest BCUT2D eigenvalue weighted by Gasteiger charge is 2.49. The van der Waals surface area contributed by atoms with E-state index in [9.17, 15) is 0 Å². The molecule has 1 heterocycles. The molecule has 1 saturated heterocycles. The molecule has 1 aromatic rings. The van der Waals surface area contributed by atoms with Gasteiger partial charge in [0.05, 0.1) is 0 Å². The molecule has 2 heteroatoms. The molecule has 2 nitrogen and oxygen atoms in total. The van der Waals surface area contributed by atoms with Gasteiger partial charge in [-0.3, -0.25) is 0 Å². The zero-order chi connectivity index (χ0) is 9.76. The van der Waals surface area contributed by atoms with Crippen molar-refractivity contribution in [1.82, 2.24) is 4.90 Å². The lowest BCUT2D eigenvalue weighted by molar-refractivity contribution is 0.0904. The van der Waals surface area contributed by atoms with Gasteiger partial charge in [0.15, 0.2) is 0 Å². The molecule has 2 N–H and O–H groups in total. The molecule has 0 aromatic heterocycles. The second kappa shape index (κ2) is 2.59. The smallest absolute Gasteiger partial charge is 0.0307 e. The monoisotopic (exact) mass is 188 g/mol. The maximum Gasteiger partial charge on any atom is 0.0307 e. The topological polar surface area (TPSA) is 29.3 Å². The van der Waals surface area contributed by atoms with Crippen LogP contribution in [0.3, 0.4) is 0 Å². The standard InChI is InChI=1S/C12H16N2/c1-14-7-12(8-14)6-11(13)9-4-2-3-5-10(9)12/h2-5,11H,6-8,13H2,1H3. The van der Waals surface area contributed by atoms with Crippen molar-refractivity contribution < 1.29 is 0 Å². The molecule has 2 aliphatic rings. The summed E-state index contributed by atoms with van der Waals surface area (Å²) in [5.41, 5.74) is 9.43. The van der Waals surface area contributed by atoms with Crippen LogP contribution >= 0.6 is 0 Å². The van der Waals surface area contributed by atoms with Gasteiger partial charge in [0.25, 0.3) is 0 Å². The number of nitrogens with two attached hydrogens (primary N) is 1. The molecule has 1 unspecified atom stereocenters. The molecule has 14 heavy (non-hydrogen) atoms. The van der Waals surface area contributed by atoms with E-state index in [4.69, 9.17) is 5.73 Å². The molecule has 74 valence electrons. The minimum atomic E-state index is 0.264. The summed E-state index contributed by atoms with van der Waals surface area (Å²) in [6.45, 7) is 2.36. The molecule has 1 aliphatic carbocycles. The summed E-state index contributed by atoms with van der Waals surface area (Å²) >= 11 is 0. The summed E-state index contributed by atoms with van der Waals surface area (Å²) in [6, 6.07) is 8.94. The van der Waals surface area contributed by atoms with Crippen LogP contribution < -0.4 is 5.73 Å². The predicted molar refractivity (Wildman–Crippen MR) is 57.2 cm³/mol. The maximum atomic E-state index is 6.16. The van der Waals surface area contributed by atoms with Crippen molar-refractivity contribution in [3.63, 3.8) is 0 Å². The van der Waals surface area contributed by atoms with Crippen LogP contribution in [0.1, 0.15) is 23.6 Å². The van der Waals surface area contributed by atoms with E-state index < -0.39 is 0 Å². The van der Waals surface area contributed by atoms with E-state index in [1.165, 1.54) is 24.2 Å². The number of nitrogens with zero attached hydrogens (tertiary/aromatic N) is 1. The molecule has 1 aromatic carbocycles. The van der Waals surface area contributed by atoms with Crippen LogP contribution in [0, 0.1) is 0 Å². The first-order valence-electron chi connectivity index (χ1n) is 5.25. The maximum absolute atomic E-state index is 6.16. The van der Waals surface area contributed by atoms with Gasteiger partial charge in [0.1, 0.15) is 0 Å². The highest BCUT2D eigenvalue weighted by molar-refractivity contribution is 5.44. The van der Waals surface area contributed by atoms with Crippen LogP contribution in [0.15, 0.2) is 24.3 Å². The Balaban J connectivity index is 2.06. The number of benzene rings is 1. The zero-order valence-electron chi connectivity index (χ0n) is 8.53. The van der Waals surface area contributed by atoms with E-state index in [1.807, 2.05) is 0 Å². The summed E-state index contributed by atoms with van der Waals surface area (Å²) in [5.74, 6) is 0. The molecule has 0 saturated carbocycles. The van der Waals surface area contributed by atoms with E-state index in [1.54, 1.807) is 0 Å². The van der Waals surface area contributed by atoms with Crippen molar-refractivity contribution in [3.05, 3.63) is 35.4 Å². The summed E-state index contributed by atoms with van der Waals surface area (Å²) in [7, 11) is 2.18. The van der Waals surface area contributed by atoms with E-state index in [0.717, 1.165) is 6.42 Å². The Morgan fingerprint density at radius 1 is 1.36 bits per heavy atom. The number of hydrogen-bond donors (Lipinski definition) is 1. The number of likely N-dealkylation sites (N-methyl/N-ethyl adjacent to an activating group) is 1. The second-order valence-electron chi connectivity index (χ2n) is 4.85. The molecule has 0 radical (unpaired) electrons. The van der Waals surface area contributed by atoms with Crippen LogP contribution in [-0.4, -0.2) is 25.0 Å². The average molecular weight is 188 g/mol. The van der Waals surface area contributed by atoms with Crippen LogP contribution in [0.2, 0.25) is 0 Å². The van der Waals surface area contributed by atoms with Crippen LogP contribution in [0.25, 0.3) is 0 Å². The SMILES string of the molecule is CN1CC2(CC(N)c3ccccc32)C1. The largest absolute Gasteiger partial charge is 0.324 e. The van der Waals surface area contributed by atoms with Gasteiger partial charge in [0.2, 0.25) is 0 Å². The van der Waals surface area contributed by atoms with Gasteiger partial charge in [-0.05, 0) is 24.6 Å². The molecule has 1 aliphatic heterocycles. The first-order valence-corrected chi connectivity index (χ1v) is 5.25. The summed E-state index contributed by atoms with van der Waals surface area (Å²) in [5, 5.41) is 0. The van der Waals surface area contributed by atoms with Gasteiger partial charge in [-0.1, -0.05) is 24.3 Å². The summed E-state index contributed by atoms with van der Waals surface area (Å²) in [6.07, 6.45) is 1.14. The third kappa shape index (κ3) is 0.928. The van der Waals surface area contributed by atoms with Crippen LogP contribution in [0.5, 0.6) is 0 Å². The van der Waals surface area contributed by atoms with E-state index >= 15 is 0 Å². The minimum absolute atomic E-state index is 0.264. The Labute approximate surface area is 84.7 Å². The van der Waals surface area contributed by atoms with E-state index in [0.29, 0.717) is 5.41 Å². The second-order valence-corrected chi connectivity index (χ2v) is 4.85. The van der Waals surface area contributed by atoms with Crippen molar-refractivity contribution >= 4 is 0 Å². The lowest BCUT2D eigenvalue weighted by Gasteiger charge is -2.47. The molecule has 0 amide bonds. The van der Waals surface area contributed by atoms with Crippen molar-refractivity contribution in [3.8, 4) is 0 Å². The normalized spacial score (nSPS) is 28.9. The molecular weight excluding hydrogens is 172 g/mol. The Morgan fingerprint density at radius 2 is 2.07 bits per heavy atom. The third-order valence-electron chi connectivity index (χ3n) is 3.69. The summed E-state index contributed by atoms with van der Waals surface area (Å²) < 4.78 is 0. The molecule has 3 rings (SSSR count). The van der Waals surface area contributed by atoms with Gasteiger partial charge in [0, 0.05) is 24.5 Å². The third-order valence-corrected chi connectivity index (χ3v) is 3.69. The quantitative estimate of drug-likeness (QED) is 0.664. The lowest BCUT2D eigenvalue weighted by atomic mass is 9.75. The van der Waals surface area contributed by atoms with Crippen molar-refractivity contribution in [2.24, 2.45) is 5.73 Å². The highest BCUT2D eigenvalue weighted by Crippen LogP contribution is 2.48. The molecular formula is C12H16N2. The lowest BCUT2D eigenvalue weighted by Crippen LogP contribution is -2.56. The molecule has 0 bridgehead atoms. The fraction of sp³-hybridized carbons (Fsp3) is 0.500. The fourth-order valence-electron chi connectivity index (χ4n) is 3.23. The number of likely N-dealkylation sites (tertiary alicyclic amines) is 1. The van der Waals surface area contributed by atoms with Crippen LogP contribution in [-0.2, 0) is 5.41 Å². The van der Waals surface area contributed by atoms with Gasteiger partial charge >= 0.3 is 0 Å². The van der Waals surface area contributed by atoms with E-state index in [2.05, 4.69) is 36.2 Å². The Bertz CT molecular complexity index is 366. The minimum Gasteiger partial charge on any atom is -0.324 e. The first-order chi connectivity index (χ1) is 6.71. The number of rotatable bonds is 0. The van der Waals surface area contributed by atoms with Crippen molar-refractivity contribution in [2.75, 3.05) is 20.1 Å². The van der Waals surface area contributed by atoms with E-state index in [-0.39, 0.29) is 6.04 Å². The zero-order valence-corrected chi connectivity index (χ0v) is 8.53. The Morgan fingerprint density at radius 3 is 2.79 bits per heavy atom. The number of hydrogen-bond acceptors (Lipinski definition) is 2. The fourth-order valence-corrected chi connectivity index (χ4v) is 3.23. The average Bonchev–Trinajstić information content (AvgIpc) is 2.41. The van der Waals surface area contributed by atoms with Crippen LogP contribution in [0.4, 0.5) is 0 Å². The van der Waals surface area contributed by atoms with Gasteiger partial charge in [-0.15, -0.1) is 0 Å². The summed E-state index contributed by atoms with van der Waals surface area (Å²) in [4.78, 5) is 2.37. The highest BCUT2D eigenvalue weighted by atomic mass is 15.2. The Hall–Kier alpha value is -0.860. The number of fused-ring (bicyclic) bond motifs is 2. The van der Waals surface area contributed by atoms with Crippen molar-refractivity contribution in [2.45, 2.75) is 17.9 Å². The van der Waals surface area contributed by atoms with Gasteiger partial charge < -0.3 is 10.6 Å². The molecule has 1 atom stereocenters. The predicted octanol–water partition coefficient (Wildman–Crippen LogP) is 1.27. The Kier molecular flexibility index (Phi) is 1.56. The van der Waals surface area contributed by atoms with Gasteiger partial charge in [-0.2, -0.15) is 0 Å². The van der Waals surface area contributed by atoms with Gasteiger partial charge in [-0.25, -0.2) is 0 Å². The first kappa shape index (κ1) is 8.45. The molecule has 1 fully saturated rings. The molecule has 1 spiro atoms.